The van der Waals surface area contributed by atoms with Gasteiger partial charge in [-0.1, -0.05) is 55.8 Å². The highest BCUT2D eigenvalue weighted by Crippen LogP contribution is 2.11. The fraction of sp³-hybridized carbons (Fsp3) is 0.350. The van der Waals surface area contributed by atoms with Gasteiger partial charge in [-0.2, -0.15) is 0 Å². The number of carbonyl (C=O) groups excluding carboxylic acids is 1. The summed E-state index contributed by atoms with van der Waals surface area (Å²) in [5.74, 6) is 0. The lowest BCUT2D eigenvalue weighted by atomic mass is 10.0. The average Bonchev–Trinajstić information content (AvgIpc) is 2.60. The lowest BCUT2D eigenvalue weighted by Gasteiger charge is -2.10. The van der Waals surface area contributed by atoms with Crippen LogP contribution in [0.1, 0.15) is 24.5 Å². The molecule has 0 atom stereocenters. The molecule has 2 rings (SSSR count). The van der Waals surface area contributed by atoms with Crippen molar-refractivity contribution in [1.29, 1.82) is 0 Å². The lowest BCUT2D eigenvalue weighted by Crippen LogP contribution is -2.35. The van der Waals surface area contributed by atoms with Gasteiger partial charge in [-0.15, -0.1) is 0 Å². The Morgan fingerprint density at radius 3 is 2.21 bits per heavy atom. The Bertz CT molecular complexity index is 613. The molecule has 2 aromatic rings. The average molecular weight is 325 g/mol. The number of para-hydroxylation sites is 1. The number of nitrogens with one attached hydrogen (secondary N) is 3. The van der Waals surface area contributed by atoms with Gasteiger partial charge in [0.1, 0.15) is 0 Å². The minimum absolute atomic E-state index is 0.170. The van der Waals surface area contributed by atoms with Crippen LogP contribution in [0.5, 0.6) is 0 Å². The van der Waals surface area contributed by atoms with Crippen LogP contribution in [-0.2, 0) is 12.8 Å². The van der Waals surface area contributed by atoms with E-state index in [1.807, 2.05) is 30.3 Å². The SMILES string of the molecule is CCCc1ccccc1CCNCCNC(=O)Nc1ccccc1. The smallest absolute Gasteiger partial charge is 0.319 e. The van der Waals surface area contributed by atoms with Crippen LogP contribution in [0, 0.1) is 0 Å². The number of urea groups is 1. The molecule has 0 aromatic heterocycles. The van der Waals surface area contributed by atoms with Crippen LogP contribution < -0.4 is 16.0 Å². The van der Waals surface area contributed by atoms with Crippen molar-refractivity contribution in [2.45, 2.75) is 26.2 Å². The summed E-state index contributed by atoms with van der Waals surface area (Å²) in [6, 6.07) is 17.9. The molecule has 0 heterocycles. The van der Waals surface area contributed by atoms with E-state index in [1.165, 1.54) is 17.5 Å². The number of benzene rings is 2. The Labute approximate surface area is 144 Å². The predicted molar refractivity (Wildman–Crippen MR) is 100 cm³/mol. The van der Waals surface area contributed by atoms with Gasteiger partial charge in [0.2, 0.25) is 0 Å². The Kier molecular flexibility index (Phi) is 7.84. The fourth-order valence-corrected chi connectivity index (χ4v) is 2.62. The second-order valence-electron chi connectivity index (χ2n) is 5.77. The van der Waals surface area contributed by atoms with Gasteiger partial charge in [-0.25, -0.2) is 4.79 Å². The third-order valence-electron chi connectivity index (χ3n) is 3.83. The number of amides is 2. The molecule has 128 valence electrons. The number of aryl methyl sites for hydroxylation is 1. The second-order valence-corrected chi connectivity index (χ2v) is 5.77. The molecule has 0 aliphatic carbocycles. The maximum Gasteiger partial charge on any atom is 0.319 e. The van der Waals surface area contributed by atoms with E-state index in [2.05, 4.69) is 47.1 Å². The second kappa shape index (κ2) is 10.4. The zero-order chi connectivity index (χ0) is 17.0. The third-order valence-corrected chi connectivity index (χ3v) is 3.83. The van der Waals surface area contributed by atoms with Crippen LogP contribution in [0.15, 0.2) is 54.6 Å². The minimum atomic E-state index is -0.170. The Hall–Kier alpha value is -2.33. The molecule has 2 aromatic carbocycles. The van der Waals surface area contributed by atoms with Gasteiger partial charge in [0.25, 0.3) is 0 Å². The summed E-state index contributed by atoms with van der Waals surface area (Å²) < 4.78 is 0. The maximum atomic E-state index is 11.7. The summed E-state index contributed by atoms with van der Waals surface area (Å²) in [6.45, 7) is 4.50. The van der Waals surface area contributed by atoms with Gasteiger partial charge >= 0.3 is 6.03 Å². The standard InChI is InChI=1S/C20H27N3O/c1-2-8-17-9-6-7-10-18(17)13-14-21-15-16-22-20(24)23-19-11-4-3-5-12-19/h3-7,9-12,21H,2,8,13-16H2,1H3,(H2,22,23,24). The highest BCUT2D eigenvalue weighted by Gasteiger charge is 2.01. The minimum Gasteiger partial charge on any atom is -0.337 e. The normalized spacial score (nSPS) is 10.4. The zero-order valence-electron chi connectivity index (χ0n) is 14.3. The van der Waals surface area contributed by atoms with Crippen molar-refractivity contribution in [3.8, 4) is 0 Å². The Morgan fingerprint density at radius 2 is 1.50 bits per heavy atom. The summed E-state index contributed by atoms with van der Waals surface area (Å²) in [5, 5.41) is 9.03. The van der Waals surface area contributed by atoms with Crippen molar-refractivity contribution in [1.82, 2.24) is 10.6 Å². The van der Waals surface area contributed by atoms with E-state index in [4.69, 9.17) is 0 Å². The van der Waals surface area contributed by atoms with E-state index in [0.717, 1.165) is 31.6 Å². The third kappa shape index (κ3) is 6.42. The molecular formula is C20H27N3O. The summed E-state index contributed by atoms with van der Waals surface area (Å²) in [4.78, 5) is 11.7. The molecule has 0 saturated carbocycles. The Balaban J connectivity index is 1.59. The first-order chi connectivity index (χ1) is 11.8. The molecular weight excluding hydrogens is 298 g/mol. The van der Waals surface area contributed by atoms with E-state index < -0.39 is 0 Å². The first-order valence-corrected chi connectivity index (χ1v) is 8.67. The largest absolute Gasteiger partial charge is 0.337 e. The fourth-order valence-electron chi connectivity index (χ4n) is 2.62. The van der Waals surface area contributed by atoms with Gasteiger partial charge in [-0.3, -0.25) is 0 Å². The van der Waals surface area contributed by atoms with Gasteiger partial charge in [0, 0.05) is 18.8 Å². The van der Waals surface area contributed by atoms with E-state index in [0.29, 0.717) is 6.54 Å². The summed E-state index contributed by atoms with van der Waals surface area (Å²) in [7, 11) is 0. The van der Waals surface area contributed by atoms with Crippen LogP contribution in [0.3, 0.4) is 0 Å². The molecule has 4 heteroatoms. The number of carbonyl (C=O) groups is 1. The van der Waals surface area contributed by atoms with Crippen LogP contribution in [-0.4, -0.2) is 25.7 Å². The van der Waals surface area contributed by atoms with E-state index in [1.54, 1.807) is 0 Å². The molecule has 0 bridgehead atoms. The molecule has 24 heavy (non-hydrogen) atoms. The van der Waals surface area contributed by atoms with E-state index in [9.17, 15) is 4.79 Å². The summed E-state index contributed by atoms with van der Waals surface area (Å²) in [5.41, 5.74) is 3.67. The van der Waals surface area contributed by atoms with Gasteiger partial charge < -0.3 is 16.0 Å². The van der Waals surface area contributed by atoms with Crippen molar-refractivity contribution < 1.29 is 4.79 Å². The van der Waals surface area contributed by atoms with Crippen molar-refractivity contribution in [3.05, 3.63) is 65.7 Å². The number of anilines is 1. The van der Waals surface area contributed by atoms with Gasteiger partial charge in [0.05, 0.1) is 0 Å². The van der Waals surface area contributed by atoms with Crippen molar-refractivity contribution in [2.75, 3.05) is 25.0 Å². The van der Waals surface area contributed by atoms with Gasteiger partial charge in [-0.05, 0) is 42.6 Å². The molecule has 0 unspecified atom stereocenters. The van der Waals surface area contributed by atoms with Gasteiger partial charge in [0.15, 0.2) is 0 Å². The van der Waals surface area contributed by atoms with Crippen LogP contribution in [0.2, 0.25) is 0 Å². The zero-order valence-corrected chi connectivity index (χ0v) is 14.3. The molecule has 0 aliphatic rings. The van der Waals surface area contributed by atoms with Crippen LogP contribution in [0.4, 0.5) is 10.5 Å². The highest BCUT2D eigenvalue weighted by molar-refractivity contribution is 5.89. The first kappa shape index (κ1) is 18.0. The topological polar surface area (TPSA) is 53.2 Å². The molecule has 0 spiro atoms. The molecule has 4 nitrogen and oxygen atoms in total. The quantitative estimate of drug-likeness (QED) is 0.617. The Morgan fingerprint density at radius 1 is 0.833 bits per heavy atom. The maximum absolute atomic E-state index is 11.7. The van der Waals surface area contributed by atoms with Crippen molar-refractivity contribution in [2.24, 2.45) is 0 Å². The number of hydrogen-bond donors (Lipinski definition) is 3. The molecule has 2 amide bonds. The van der Waals surface area contributed by atoms with E-state index >= 15 is 0 Å². The van der Waals surface area contributed by atoms with Crippen LogP contribution >= 0.6 is 0 Å². The molecule has 0 radical (unpaired) electrons. The monoisotopic (exact) mass is 325 g/mol. The summed E-state index contributed by atoms with van der Waals surface area (Å²) >= 11 is 0. The molecule has 0 fully saturated rings. The van der Waals surface area contributed by atoms with E-state index in [-0.39, 0.29) is 6.03 Å². The highest BCUT2D eigenvalue weighted by atomic mass is 16.2. The van der Waals surface area contributed by atoms with Crippen molar-refractivity contribution >= 4 is 11.7 Å². The first-order valence-electron chi connectivity index (χ1n) is 8.67. The molecule has 0 aliphatic heterocycles. The lowest BCUT2D eigenvalue weighted by molar-refractivity contribution is 0.252. The molecule has 3 N–H and O–H groups in total. The predicted octanol–water partition coefficient (Wildman–Crippen LogP) is 3.59. The number of hydrogen-bond acceptors (Lipinski definition) is 2. The van der Waals surface area contributed by atoms with Crippen molar-refractivity contribution in [3.63, 3.8) is 0 Å². The molecule has 0 saturated heterocycles. The number of rotatable bonds is 9. The van der Waals surface area contributed by atoms with Crippen LogP contribution in [0.25, 0.3) is 0 Å². The summed E-state index contributed by atoms with van der Waals surface area (Å²) in [6.07, 6.45) is 3.33.